The van der Waals surface area contributed by atoms with Gasteiger partial charge in [-0.2, -0.15) is 5.10 Å². The van der Waals surface area contributed by atoms with E-state index in [1.54, 1.807) is 11.1 Å². The zero-order chi connectivity index (χ0) is 17.9. The van der Waals surface area contributed by atoms with Crippen molar-refractivity contribution in [2.45, 2.75) is 45.7 Å². The van der Waals surface area contributed by atoms with Crippen LogP contribution in [0.2, 0.25) is 0 Å². The van der Waals surface area contributed by atoms with Crippen LogP contribution in [0.4, 0.5) is 4.79 Å². The van der Waals surface area contributed by atoms with Crippen molar-refractivity contribution in [3.05, 3.63) is 18.5 Å². The number of halogens is 1. The predicted molar refractivity (Wildman–Crippen MR) is 113 cm³/mol. The molecule has 9 heteroatoms. The van der Waals surface area contributed by atoms with Crippen LogP contribution >= 0.6 is 24.0 Å². The van der Waals surface area contributed by atoms with Crippen LogP contribution in [0.3, 0.4) is 0 Å². The number of nitrogens with one attached hydrogen (secondary N) is 2. The molecule has 1 amide bonds. The van der Waals surface area contributed by atoms with E-state index in [0.29, 0.717) is 12.6 Å². The molecule has 0 aromatic carbocycles. The number of likely N-dealkylation sites (tertiary alicyclic amines) is 1. The molecule has 0 saturated carbocycles. The molecular weight excluding hydrogens is 447 g/mol. The maximum absolute atomic E-state index is 11.7. The highest BCUT2D eigenvalue weighted by atomic mass is 127. The first-order valence-corrected chi connectivity index (χ1v) is 9.17. The minimum atomic E-state index is -0.208. The zero-order valence-corrected chi connectivity index (χ0v) is 18.0. The van der Waals surface area contributed by atoms with Crippen molar-refractivity contribution in [3.8, 4) is 0 Å². The lowest BCUT2D eigenvalue weighted by atomic mass is 10.1. The normalized spacial score (nSPS) is 15.3. The number of guanidine groups is 1. The number of aromatic nitrogens is 2. The van der Waals surface area contributed by atoms with Gasteiger partial charge in [0.05, 0.1) is 6.61 Å². The summed E-state index contributed by atoms with van der Waals surface area (Å²) in [5, 5.41) is 11.0. The van der Waals surface area contributed by atoms with Crippen LogP contribution in [0.5, 0.6) is 0 Å². The van der Waals surface area contributed by atoms with E-state index in [1.165, 1.54) is 0 Å². The van der Waals surface area contributed by atoms with Crippen molar-refractivity contribution >= 4 is 36.0 Å². The van der Waals surface area contributed by atoms with Gasteiger partial charge in [-0.05, 0) is 39.2 Å². The fraction of sp³-hybridized carbons (Fsp3) is 0.706. The fourth-order valence-corrected chi connectivity index (χ4v) is 2.79. The summed E-state index contributed by atoms with van der Waals surface area (Å²) < 4.78 is 6.97. The summed E-state index contributed by atoms with van der Waals surface area (Å²) in [6.07, 6.45) is 6.29. The number of carbonyl (C=O) groups is 1. The zero-order valence-electron chi connectivity index (χ0n) is 15.7. The van der Waals surface area contributed by atoms with Crippen LogP contribution < -0.4 is 10.6 Å². The van der Waals surface area contributed by atoms with Crippen LogP contribution in [-0.4, -0.2) is 65.6 Å². The minimum absolute atomic E-state index is 0. The van der Waals surface area contributed by atoms with Gasteiger partial charge in [0.25, 0.3) is 0 Å². The van der Waals surface area contributed by atoms with Gasteiger partial charge >= 0.3 is 6.09 Å². The third-order valence-corrected chi connectivity index (χ3v) is 4.08. The fourth-order valence-electron chi connectivity index (χ4n) is 2.79. The van der Waals surface area contributed by atoms with E-state index in [2.05, 4.69) is 27.6 Å². The number of piperidine rings is 1. The second-order valence-corrected chi connectivity index (χ2v) is 5.99. The SMILES string of the molecule is CCNC(=NCCCn1cccn1)NC1CCN(C(=O)OCC)CC1.I. The monoisotopic (exact) mass is 478 g/mol. The second kappa shape index (κ2) is 12.8. The molecular formula is C17H31IN6O2. The van der Waals surface area contributed by atoms with Crippen molar-refractivity contribution in [2.75, 3.05) is 32.8 Å². The summed E-state index contributed by atoms with van der Waals surface area (Å²) in [4.78, 5) is 18.2. The molecule has 1 aliphatic heterocycles. The number of nitrogens with zero attached hydrogens (tertiary/aromatic N) is 4. The molecule has 0 radical (unpaired) electrons. The first-order chi connectivity index (χ1) is 12.2. The largest absolute Gasteiger partial charge is 0.450 e. The molecule has 2 rings (SSSR count). The maximum atomic E-state index is 11.7. The second-order valence-electron chi connectivity index (χ2n) is 5.99. The number of rotatable bonds is 7. The quantitative estimate of drug-likeness (QED) is 0.271. The average molecular weight is 478 g/mol. The molecule has 2 N–H and O–H groups in total. The molecule has 26 heavy (non-hydrogen) atoms. The summed E-state index contributed by atoms with van der Waals surface area (Å²) in [6, 6.07) is 2.26. The summed E-state index contributed by atoms with van der Waals surface area (Å²) in [7, 11) is 0. The van der Waals surface area contributed by atoms with E-state index >= 15 is 0 Å². The van der Waals surface area contributed by atoms with Gasteiger partial charge in [0.2, 0.25) is 0 Å². The number of aryl methyl sites for hydroxylation is 1. The Labute approximate surface area is 172 Å². The van der Waals surface area contributed by atoms with Crippen molar-refractivity contribution in [3.63, 3.8) is 0 Å². The molecule has 8 nitrogen and oxygen atoms in total. The van der Waals surface area contributed by atoms with E-state index in [-0.39, 0.29) is 30.1 Å². The molecule has 2 heterocycles. The number of aliphatic imine (C=N–C) groups is 1. The third-order valence-electron chi connectivity index (χ3n) is 4.08. The Morgan fingerprint density at radius 1 is 1.35 bits per heavy atom. The Balaban J connectivity index is 0.00000338. The van der Waals surface area contributed by atoms with Crippen molar-refractivity contribution < 1.29 is 9.53 Å². The van der Waals surface area contributed by atoms with Gasteiger partial charge in [0.1, 0.15) is 0 Å². The maximum Gasteiger partial charge on any atom is 0.409 e. The minimum Gasteiger partial charge on any atom is -0.450 e. The van der Waals surface area contributed by atoms with Gasteiger partial charge < -0.3 is 20.3 Å². The van der Waals surface area contributed by atoms with Crippen LogP contribution in [0.1, 0.15) is 33.1 Å². The Hall–Kier alpha value is -1.52. The molecule has 148 valence electrons. The van der Waals surface area contributed by atoms with E-state index in [1.807, 2.05) is 23.9 Å². The molecule has 1 saturated heterocycles. The van der Waals surface area contributed by atoms with Gasteiger partial charge in [-0.25, -0.2) is 4.79 Å². The van der Waals surface area contributed by atoms with Gasteiger partial charge in [0.15, 0.2) is 5.96 Å². The summed E-state index contributed by atoms with van der Waals surface area (Å²) in [5.74, 6) is 0.845. The van der Waals surface area contributed by atoms with E-state index < -0.39 is 0 Å². The summed E-state index contributed by atoms with van der Waals surface area (Å²) in [6.45, 7) is 8.19. The molecule has 1 aromatic heterocycles. The molecule has 0 bridgehead atoms. The molecule has 0 spiro atoms. The topological polar surface area (TPSA) is 83.8 Å². The summed E-state index contributed by atoms with van der Waals surface area (Å²) >= 11 is 0. The first kappa shape index (κ1) is 22.5. The van der Waals surface area contributed by atoms with Gasteiger partial charge in [0, 0.05) is 51.2 Å². The number of hydrogen-bond donors (Lipinski definition) is 2. The smallest absolute Gasteiger partial charge is 0.409 e. The Kier molecular flexibility index (Phi) is 11.1. The van der Waals surface area contributed by atoms with Crippen LogP contribution in [0.25, 0.3) is 0 Å². The van der Waals surface area contributed by atoms with E-state index in [4.69, 9.17) is 4.74 Å². The first-order valence-electron chi connectivity index (χ1n) is 9.17. The molecule has 0 aliphatic carbocycles. The Bertz CT molecular complexity index is 529. The molecule has 0 unspecified atom stereocenters. The van der Waals surface area contributed by atoms with Crippen molar-refractivity contribution in [2.24, 2.45) is 4.99 Å². The van der Waals surface area contributed by atoms with E-state index in [0.717, 1.165) is 57.9 Å². The van der Waals surface area contributed by atoms with Crippen molar-refractivity contribution in [1.82, 2.24) is 25.3 Å². The third kappa shape index (κ3) is 7.79. The lowest BCUT2D eigenvalue weighted by Crippen LogP contribution is -2.49. The molecule has 1 fully saturated rings. The van der Waals surface area contributed by atoms with Crippen LogP contribution in [0.15, 0.2) is 23.5 Å². The van der Waals surface area contributed by atoms with Gasteiger partial charge in [-0.15, -0.1) is 24.0 Å². The Morgan fingerprint density at radius 2 is 2.12 bits per heavy atom. The van der Waals surface area contributed by atoms with Crippen LogP contribution in [0, 0.1) is 0 Å². The number of amides is 1. The molecule has 1 aromatic rings. The lowest BCUT2D eigenvalue weighted by molar-refractivity contribution is 0.0963. The number of ether oxygens (including phenoxy) is 1. The highest BCUT2D eigenvalue weighted by molar-refractivity contribution is 14.0. The Morgan fingerprint density at radius 3 is 2.73 bits per heavy atom. The highest BCUT2D eigenvalue weighted by Gasteiger charge is 2.23. The van der Waals surface area contributed by atoms with Crippen molar-refractivity contribution in [1.29, 1.82) is 0 Å². The highest BCUT2D eigenvalue weighted by Crippen LogP contribution is 2.11. The van der Waals surface area contributed by atoms with Gasteiger partial charge in [-0.3, -0.25) is 9.67 Å². The predicted octanol–water partition coefficient (Wildman–Crippen LogP) is 2.07. The standard InChI is InChI=1S/C17H30N6O2.HI/c1-3-18-16(19-9-5-11-23-12-6-10-20-23)21-15-7-13-22(14-8-15)17(24)25-4-2;/h6,10,12,15H,3-5,7-9,11,13-14H2,1-2H3,(H2,18,19,21);1H. The summed E-state index contributed by atoms with van der Waals surface area (Å²) in [5.41, 5.74) is 0. The lowest BCUT2D eigenvalue weighted by Gasteiger charge is -2.32. The average Bonchev–Trinajstić information content (AvgIpc) is 3.13. The van der Waals surface area contributed by atoms with Crippen LogP contribution in [-0.2, 0) is 11.3 Å². The van der Waals surface area contributed by atoms with E-state index in [9.17, 15) is 4.79 Å². The number of carbonyl (C=O) groups excluding carboxylic acids is 1. The molecule has 1 aliphatic rings. The number of hydrogen-bond acceptors (Lipinski definition) is 4. The van der Waals surface area contributed by atoms with Gasteiger partial charge in [-0.1, -0.05) is 0 Å². The molecule has 0 atom stereocenters.